The third kappa shape index (κ3) is 4.34. The number of anilines is 1. The van der Waals surface area contributed by atoms with Gasteiger partial charge in [-0.15, -0.1) is 11.3 Å². The maximum Gasteiger partial charge on any atom is 0.0815 e. The van der Waals surface area contributed by atoms with Gasteiger partial charge in [-0.25, -0.2) is 0 Å². The first-order valence-corrected chi connectivity index (χ1v) is 11.3. The molecule has 0 radical (unpaired) electrons. The Morgan fingerprint density at radius 3 is 2.52 bits per heavy atom. The molecule has 27 heavy (non-hydrogen) atoms. The number of aryl methyl sites for hydroxylation is 2. The highest BCUT2D eigenvalue weighted by Crippen LogP contribution is 2.38. The van der Waals surface area contributed by atoms with Crippen molar-refractivity contribution in [1.82, 2.24) is 4.90 Å². The highest BCUT2D eigenvalue weighted by Gasteiger charge is 2.24. The number of piperazine rings is 1. The fourth-order valence-corrected chi connectivity index (χ4v) is 5.94. The normalized spacial score (nSPS) is 19.1. The van der Waals surface area contributed by atoms with Gasteiger partial charge in [0, 0.05) is 53.2 Å². The van der Waals surface area contributed by atoms with Crippen molar-refractivity contribution in [2.45, 2.75) is 45.1 Å². The lowest BCUT2D eigenvalue weighted by atomic mass is 9.91. The lowest BCUT2D eigenvalue weighted by Gasteiger charge is -2.36. The molecule has 1 saturated heterocycles. The summed E-state index contributed by atoms with van der Waals surface area (Å²) < 4.78 is 0. The van der Waals surface area contributed by atoms with Crippen LogP contribution >= 0.6 is 22.9 Å². The van der Waals surface area contributed by atoms with Gasteiger partial charge < -0.3 is 10.0 Å². The monoisotopic (exact) mass is 404 g/mol. The zero-order valence-corrected chi connectivity index (χ0v) is 17.7. The minimum absolute atomic E-state index is 0.308. The zero-order valence-electron chi connectivity index (χ0n) is 16.1. The van der Waals surface area contributed by atoms with Gasteiger partial charge in [0.25, 0.3) is 0 Å². The maximum absolute atomic E-state index is 10.9. The fourth-order valence-electron chi connectivity index (χ4n) is 4.49. The number of nitrogens with zero attached hydrogens (tertiary/aromatic N) is 2. The molecule has 0 saturated carbocycles. The van der Waals surface area contributed by atoms with Gasteiger partial charge in [-0.2, -0.15) is 0 Å². The van der Waals surface area contributed by atoms with Crippen LogP contribution in [0.3, 0.4) is 0 Å². The average molecular weight is 405 g/mol. The molecule has 1 aliphatic heterocycles. The van der Waals surface area contributed by atoms with Gasteiger partial charge in [-0.1, -0.05) is 11.6 Å². The molecule has 146 valence electrons. The molecular formula is C22H29ClN2OS. The molecule has 2 aliphatic rings. The van der Waals surface area contributed by atoms with Gasteiger partial charge in [0.15, 0.2) is 0 Å². The van der Waals surface area contributed by atoms with Crippen molar-refractivity contribution in [2.75, 3.05) is 37.6 Å². The Balaban J connectivity index is 1.30. The first-order chi connectivity index (χ1) is 13.1. The lowest BCUT2D eigenvalue weighted by Crippen LogP contribution is -2.46. The quantitative estimate of drug-likeness (QED) is 0.772. The Morgan fingerprint density at radius 2 is 1.78 bits per heavy atom. The summed E-state index contributed by atoms with van der Waals surface area (Å²) in [6.07, 6.45) is 5.48. The molecule has 1 unspecified atom stereocenters. The summed E-state index contributed by atoms with van der Waals surface area (Å²) in [5, 5.41) is 11.7. The third-order valence-electron chi connectivity index (χ3n) is 6.01. The Labute approximate surface area is 171 Å². The maximum atomic E-state index is 10.9. The second-order valence-corrected chi connectivity index (χ2v) is 9.54. The standard InChI is InChI=1S/C22H29ClN2OS/c1-16-22(19-4-2-3-5-21(19)27-16)20(26)10-11-24-12-14-25(15-13-24)18-8-6-17(23)7-9-18/h6-9,20,26H,2-5,10-15H2,1H3. The number of hydrogen-bond acceptors (Lipinski definition) is 4. The van der Waals surface area contributed by atoms with Crippen LogP contribution in [0.4, 0.5) is 5.69 Å². The van der Waals surface area contributed by atoms with Gasteiger partial charge in [-0.05, 0) is 74.4 Å². The van der Waals surface area contributed by atoms with E-state index in [1.165, 1.54) is 45.8 Å². The van der Waals surface area contributed by atoms with E-state index in [2.05, 4.69) is 28.9 Å². The van der Waals surface area contributed by atoms with Crippen LogP contribution in [-0.2, 0) is 12.8 Å². The molecule has 0 bridgehead atoms. The Morgan fingerprint density at radius 1 is 1.07 bits per heavy atom. The first-order valence-electron chi connectivity index (χ1n) is 10.1. The van der Waals surface area contributed by atoms with Crippen molar-refractivity contribution in [3.8, 4) is 0 Å². The fraction of sp³-hybridized carbons (Fsp3) is 0.545. The molecule has 3 nitrogen and oxygen atoms in total. The summed E-state index contributed by atoms with van der Waals surface area (Å²) in [5.74, 6) is 0. The largest absolute Gasteiger partial charge is 0.388 e. The van der Waals surface area contributed by atoms with E-state index in [-0.39, 0.29) is 6.10 Å². The molecule has 5 heteroatoms. The molecule has 1 fully saturated rings. The highest BCUT2D eigenvalue weighted by molar-refractivity contribution is 7.12. The summed E-state index contributed by atoms with van der Waals surface area (Å²) in [6.45, 7) is 7.33. The molecule has 4 rings (SSSR count). The van der Waals surface area contributed by atoms with E-state index >= 15 is 0 Å². The van der Waals surface area contributed by atoms with Crippen molar-refractivity contribution >= 4 is 28.6 Å². The van der Waals surface area contributed by atoms with E-state index in [1.54, 1.807) is 0 Å². The SMILES string of the molecule is Cc1sc2c(c1C(O)CCN1CCN(c3ccc(Cl)cc3)CC1)CCCC2. The molecule has 1 aromatic carbocycles. The van der Waals surface area contributed by atoms with E-state index < -0.39 is 0 Å². The molecule has 1 aromatic heterocycles. The zero-order chi connectivity index (χ0) is 18.8. The van der Waals surface area contributed by atoms with E-state index in [4.69, 9.17) is 11.6 Å². The summed E-state index contributed by atoms with van der Waals surface area (Å²) in [4.78, 5) is 7.78. The van der Waals surface area contributed by atoms with E-state index in [9.17, 15) is 5.11 Å². The summed E-state index contributed by atoms with van der Waals surface area (Å²) >= 11 is 7.91. The number of aliphatic hydroxyl groups is 1. The van der Waals surface area contributed by atoms with Crippen LogP contribution in [-0.4, -0.2) is 42.7 Å². The van der Waals surface area contributed by atoms with Crippen LogP contribution in [0.15, 0.2) is 24.3 Å². The molecule has 1 N–H and O–H groups in total. The molecule has 1 aliphatic carbocycles. The van der Waals surface area contributed by atoms with E-state index in [0.717, 1.165) is 50.6 Å². The van der Waals surface area contributed by atoms with Gasteiger partial charge in [0.05, 0.1) is 6.10 Å². The molecule has 0 amide bonds. The average Bonchev–Trinajstić information content (AvgIpc) is 3.03. The number of fused-ring (bicyclic) bond motifs is 1. The van der Waals surface area contributed by atoms with Crippen molar-refractivity contribution in [3.63, 3.8) is 0 Å². The number of hydrogen-bond donors (Lipinski definition) is 1. The molecule has 0 spiro atoms. The number of halogens is 1. The van der Waals surface area contributed by atoms with Crippen LogP contribution < -0.4 is 4.90 Å². The third-order valence-corrected chi connectivity index (χ3v) is 7.49. The molecule has 2 heterocycles. The van der Waals surface area contributed by atoms with Gasteiger partial charge in [-0.3, -0.25) is 4.90 Å². The van der Waals surface area contributed by atoms with Gasteiger partial charge in [0.2, 0.25) is 0 Å². The Hall–Kier alpha value is -1.07. The topological polar surface area (TPSA) is 26.7 Å². The predicted octanol–water partition coefficient (Wildman–Crippen LogP) is 4.83. The Bertz CT molecular complexity index is 765. The number of aliphatic hydroxyl groups excluding tert-OH is 1. The van der Waals surface area contributed by atoms with Crippen molar-refractivity contribution in [2.24, 2.45) is 0 Å². The summed E-state index contributed by atoms with van der Waals surface area (Å²) in [5.41, 5.74) is 3.98. The van der Waals surface area contributed by atoms with E-state index in [0.29, 0.717) is 0 Å². The van der Waals surface area contributed by atoms with Crippen LogP contribution in [0.1, 0.15) is 46.2 Å². The minimum Gasteiger partial charge on any atom is -0.388 e. The number of thiophene rings is 1. The van der Waals surface area contributed by atoms with Crippen LogP contribution in [0.2, 0.25) is 5.02 Å². The van der Waals surface area contributed by atoms with Crippen molar-refractivity contribution in [3.05, 3.63) is 50.2 Å². The Kier molecular flexibility index (Phi) is 6.08. The smallest absolute Gasteiger partial charge is 0.0815 e. The summed E-state index contributed by atoms with van der Waals surface area (Å²) in [6, 6.07) is 8.13. The van der Waals surface area contributed by atoms with Crippen molar-refractivity contribution in [1.29, 1.82) is 0 Å². The molecular weight excluding hydrogens is 376 g/mol. The minimum atomic E-state index is -0.308. The summed E-state index contributed by atoms with van der Waals surface area (Å²) in [7, 11) is 0. The highest BCUT2D eigenvalue weighted by atomic mass is 35.5. The van der Waals surface area contributed by atoms with Gasteiger partial charge in [0.1, 0.15) is 0 Å². The predicted molar refractivity (Wildman–Crippen MR) is 115 cm³/mol. The van der Waals surface area contributed by atoms with Crippen LogP contribution in [0, 0.1) is 6.92 Å². The molecule has 2 aromatic rings. The second kappa shape index (κ2) is 8.52. The van der Waals surface area contributed by atoms with Crippen LogP contribution in [0.5, 0.6) is 0 Å². The number of benzene rings is 1. The lowest BCUT2D eigenvalue weighted by molar-refractivity contribution is 0.138. The first kappa shape index (κ1) is 19.3. The van der Waals surface area contributed by atoms with Gasteiger partial charge >= 0.3 is 0 Å². The second-order valence-electron chi connectivity index (χ2n) is 7.79. The number of rotatable bonds is 5. The van der Waals surface area contributed by atoms with Crippen molar-refractivity contribution < 1.29 is 5.11 Å². The molecule has 1 atom stereocenters. The van der Waals surface area contributed by atoms with Crippen LogP contribution in [0.25, 0.3) is 0 Å². The van der Waals surface area contributed by atoms with E-state index in [1.807, 2.05) is 23.5 Å².